The molecule has 0 aromatic heterocycles. The van der Waals surface area contributed by atoms with Crippen molar-refractivity contribution in [2.45, 2.75) is 325 Å². The van der Waals surface area contributed by atoms with E-state index in [1.54, 1.807) is 6.08 Å². The highest BCUT2D eigenvalue weighted by Gasteiger charge is 2.51. The maximum atomic E-state index is 13.2. The standard InChI is InChI=1S/C63H115NO13/c1-3-5-7-9-11-13-15-17-18-19-20-21-22-23-24-25-26-27-28-29-30-31-32-33-34-35-37-39-41-43-45-47-55(68)64-51(52(67)46-44-42-40-38-36-16-14-12-10-8-6-4-2)50-74-62-60(73)58(71)61(54(49-66)76-62)77-63-59(72)57(70)56(69)53(48-65)75-63/h15,17,19-20,36,38,44,46,51-54,56-63,65-67,69-73H,3-14,16,18,21-35,37,39-43,45,47-50H2,1-2H3,(H,64,68)/b17-15-,20-19-,38-36+,46-44+. The Morgan fingerprint density at radius 1 is 0.468 bits per heavy atom. The molecule has 0 aromatic rings. The highest BCUT2D eigenvalue weighted by atomic mass is 16.7. The Balaban J connectivity index is 1.64. The first kappa shape index (κ1) is 71.1. The second kappa shape index (κ2) is 48.6. The van der Waals surface area contributed by atoms with Crippen LogP contribution in [0.3, 0.4) is 0 Å². The number of amides is 1. The van der Waals surface area contributed by atoms with Crippen LogP contribution in [-0.2, 0) is 23.7 Å². The summed E-state index contributed by atoms with van der Waals surface area (Å²) in [4.78, 5) is 13.2. The fraction of sp³-hybridized carbons (Fsp3) is 0.857. The SMILES string of the molecule is CCCCCCC/C=C\C/C=C\CCCCCCCCCCCCCCCCCCCCCC(=O)NC(COC1OC(CO)C(OC2OC(CO)C(O)C(O)C2O)C(O)C1O)C(O)/C=C/CC/C=C/CCCCCCCC. The summed E-state index contributed by atoms with van der Waals surface area (Å²) in [5.41, 5.74) is 0. The van der Waals surface area contributed by atoms with Gasteiger partial charge in [0.05, 0.1) is 32.0 Å². The number of hydrogen-bond acceptors (Lipinski definition) is 13. The van der Waals surface area contributed by atoms with Crippen molar-refractivity contribution in [2.24, 2.45) is 0 Å². The fourth-order valence-corrected chi connectivity index (χ4v) is 10.2. The number of nitrogens with one attached hydrogen (secondary N) is 1. The van der Waals surface area contributed by atoms with E-state index in [1.165, 1.54) is 180 Å². The minimum Gasteiger partial charge on any atom is -0.394 e. The van der Waals surface area contributed by atoms with Gasteiger partial charge in [-0.2, -0.15) is 0 Å². The van der Waals surface area contributed by atoms with Crippen molar-refractivity contribution in [1.29, 1.82) is 0 Å². The second-order valence-corrected chi connectivity index (χ2v) is 22.2. The molecular formula is C63H115NO13. The Morgan fingerprint density at radius 2 is 0.870 bits per heavy atom. The van der Waals surface area contributed by atoms with Crippen LogP contribution in [0.4, 0.5) is 0 Å². The van der Waals surface area contributed by atoms with Gasteiger partial charge in [0.25, 0.3) is 0 Å². The van der Waals surface area contributed by atoms with E-state index in [2.05, 4.69) is 55.6 Å². The molecule has 2 heterocycles. The summed E-state index contributed by atoms with van der Waals surface area (Å²) in [5.74, 6) is -0.248. The molecule has 0 radical (unpaired) electrons. The molecule has 0 spiro atoms. The Labute approximate surface area is 467 Å². The molecule has 12 atom stereocenters. The van der Waals surface area contributed by atoms with E-state index in [9.17, 15) is 45.6 Å². The quantitative estimate of drug-likeness (QED) is 0.0204. The van der Waals surface area contributed by atoms with Crippen molar-refractivity contribution < 1.29 is 64.6 Å². The van der Waals surface area contributed by atoms with Gasteiger partial charge in [0.15, 0.2) is 12.6 Å². The molecule has 0 aliphatic carbocycles. The highest BCUT2D eigenvalue weighted by molar-refractivity contribution is 5.76. The number of aliphatic hydroxyl groups excluding tert-OH is 8. The number of ether oxygens (including phenoxy) is 4. The average Bonchev–Trinajstić information content (AvgIpc) is 3.43. The normalized spacial score (nSPS) is 25.0. The first-order chi connectivity index (χ1) is 37.6. The van der Waals surface area contributed by atoms with Crippen molar-refractivity contribution in [2.75, 3.05) is 19.8 Å². The minimum atomic E-state index is -1.79. The third-order valence-electron chi connectivity index (χ3n) is 15.2. The number of aliphatic hydroxyl groups is 8. The smallest absolute Gasteiger partial charge is 0.220 e. The van der Waals surface area contributed by atoms with Gasteiger partial charge in [0, 0.05) is 6.42 Å². The first-order valence-corrected chi connectivity index (χ1v) is 31.4. The maximum absolute atomic E-state index is 13.2. The molecular weight excluding hydrogens is 979 g/mol. The van der Waals surface area contributed by atoms with Crippen LogP contribution in [0.25, 0.3) is 0 Å². The van der Waals surface area contributed by atoms with Gasteiger partial charge in [-0.3, -0.25) is 4.79 Å². The maximum Gasteiger partial charge on any atom is 0.220 e. The number of carbonyl (C=O) groups excluding carboxylic acids is 1. The first-order valence-electron chi connectivity index (χ1n) is 31.4. The molecule has 0 saturated carbocycles. The van der Waals surface area contributed by atoms with E-state index in [0.29, 0.717) is 12.8 Å². The Hall–Kier alpha value is -2.05. The minimum absolute atomic E-state index is 0.248. The molecule has 77 heavy (non-hydrogen) atoms. The number of carbonyl (C=O) groups is 1. The van der Waals surface area contributed by atoms with Crippen LogP contribution < -0.4 is 5.32 Å². The molecule has 9 N–H and O–H groups in total. The van der Waals surface area contributed by atoms with E-state index in [1.807, 2.05) is 6.08 Å². The largest absolute Gasteiger partial charge is 0.394 e. The lowest BCUT2D eigenvalue weighted by Crippen LogP contribution is -2.65. The number of allylic oxidation sites excluding steroid dienone is 7. The lowest BCUT2D eigenvalue weighted by Gasteiger charge is -2.46. The van der Waals surface area contributed by atoms with E-state index >= 15 is 0 Å². The average molecular weight is 1090 g/mol. The van der Waals surface area contributed by atoms with Gasteiger partial charge in [-0.15, -0.1) is 0 Å². The van der Waals surface area contributed by atoms with E-state index < -0.39 is 86.8 Å². The molecule has 2 aliphatic rings. The van der Waals surface area contributed by atoms with Gasteiger partial charge < -0.3 is 65.1 Å². The third-order valence-corrected chi connectivity index (χ3v) is 15.2. The van der Waals surface area contributed by atoms with Crippen molar-refractivity contribution >= 4 is 5.91 Å². The van der Waals surface area contributed by atoms with Crippen LogP contribution >= 0.6 is 0 Å². The summed E-state index contributed by atoms with van der Waals surface area (Å²) in [6.07, 6.45) is 44.7. The summed E-state index contributed by atoms with van der Waals surface area (Å²) in [6, 6.07) is -0.930. The van der Waals surface area contributed by atoms with Crippen molar-refractivity contribution in [3.63, 3.8) is 0 Å². The van der Waals surface area contributed by atoms with Gasteiger partial charge >= 0.3 is 0 Å². The van der Waals surface area contributed by atoms with E-state index in [-0.39, 0.29) is 18.9 Å². The predicted octanol–water partition coefficient (Wildman–Crippen LogP) is 11.2. The molecule has 2 aliphatic heterocycles. The zero-order valence-electron chi connectivity index (χ0n) is 48.5. The zero-order chi connectivity index (χ0) is 56.0. The summed E-state index contributed by atoms with van der Waals surface area (Å²) >= 11 is 0. The monoisotopic (exact) mass is 1090 g/mol. The molecule has 14 nitrogen and oxygen atoms in total. The van der Waals surface area contributed by atoms with Crippen LogP contribution in [0.5, 0.6) is 0 Å². The van der Waals surface area contributed by atoms with Crippen LogP contribution in [0.1, 0.15) is 251 Å². The molecule has 0 aromatic carbocycles. The Morgan fingerprint density at radius 3 is 1.35 bits per heavy atom. The zero-order valence-corrected chi connectivity index (χ0v) is 48.5. The lowest BCUT2D eigenvalue weighted by molar-refractivity contribution is -0.359. The van der Waals surface area contributed by atoms with Gasteiger partial charge in [-0.1, -0.05) is 229 Å². The molecule has 12 unspecified atom stereocenters. The molecule has 14 heteroatoms. The van der Waals surface area contributed by atoms with Gasteiger partial charge in [-0.05, 0) is 64.2 Å². The Bertz CT molecular complexity index is 1480. The van der Waals surface area contributed by atoms with Gasteiger partial charge in [-0.25, -0.2) is 0 Å². The lowest BCUT2D eigenvalue weighted by atomic mass is 9.97. The fourth-order valence-electron chi connectivity index (χ4n) is 10.2. The van der Waals surface area contributed by atoms with Crippen molar-refractivity contribution in [3.8, 4) is 0 Å². The van der Waals surface area contributed by atoms with Crippen molar-refractivity contribution in [1.82, 2.24) is 5.32 Å². The Kier molecular flexibility index (Phi) is 44.9. The highest BCUT2D eigenvalue weighted by Crippen LogP contribution is 2.30. The van der Waals surface area contributed by atoms with E-state index in [0.717, 1.165) is 38.5 Å². The molecule has 2 rings (SSSR count). The van der Waals surface area contributed by atoms with E-state index in [4.69, 9.17) is 18.9 Å². The molecule has 1 amide bonds. The van der Waals surface area contributed by atoms with Crippen molar-refractivity contribution in [3.05, 3.63) is 48.6 Å². The molecule has 2 saturated heterocycles. The molecule has 450 valence electrons. The topological polar surface area (TPSA) is 228 Å². The van der Waals surface area contributed by atoms with Gasteiger partial charge in [0.2, 0.25) is 5.91 Å². The number of rotatable bonds is 50. The summed E-state index contributed by atoms with van der Waals surface area (Å²) in [5, 5.41) is 87.0. The summed E-state index contributed by atoms with van der Waals surface area (Å²) in [6.45, 7) is 2.76. The van der Waals surface area contributed by atoms with Crippen LogP contribution in [0.15, 0.2) is 48.6 Å². The van der Waals surface area contributed by atoms with Crippen LogP contribution in [0, 0.1) is 0 Å². The summed E-state index contributed by atoms with van der Waals surface area (Å²) < 4.78 is 22.7. The molecule has 0 bridgehead atoms. The van der Waals surface area contributed by atoms with Crippen LogP contribution in [0.2, 0.25) is 0 Å². The van der Waals surface area contributed by atoms with Gasteiger partial charge in [0.1, 0.15) is 48.8 Å². The number of hydrogen-bond donors (Lipinski definition) is 9. The predicted molar refractivity (Wildman–Crippen MR) is 309 cm³/mol. The summed E-state index contributed by atoms with van der Waals surface area (Å²) in [7, 11) is 0. The van der Waals surface area contributed by atoms with Crippen LogP contribution in [-0.4, -0.2) is 140 Å². The number of unbranched alkanes of at least 4 members (excludes halogenated alkanes) is 31. The third kappa shape index (κ3) is 34.1. The molecule has 2 fully saturated rings. The second-order valence-electron chi connectivity index (χ2n) is 22.2.